The lowest BCUT2D eigenvalue weighted by Crippen LogP contribution is -2.46. The van der Waals surface area contributed by atoms with Crippen LogP contribution >= 0.6 is 0 Å². The fraction of sp³-hybridized carbons (Fsp3) is 0.519. The third-order valence-corrected chi connectivity index (χ3v) is 8.85. The maximum atomic E-state index is 13.7. The highest BCUT2D eigenvalue weighted by atomic mass is 32.2. The molecule has 1 saturated carbocycles. The molecule has 0 bridgehead atoms. The Morgan fingerprint density at radius 2 is 1.69 bits per heavy atom. The van der Waals surface area contributed by atoms with E-state index in [0.29, 0.717) is 11.4 Å². The number of rotatable bonds is 8. The van der Waals surface area contributed by atoms with E-state index in [4.69, 9.17) is 0 Å². The van der Waals surface area contributed by atoms with E-state index < -0.39 is 10.0 Å². The molecule has 2 fully saturated rings. The fourth-order valence-corrected chi connectivity index (χ4v) is 6.57. The number of hydrogen-bond donors (Lipinski definition) is 2. The molecule has 1 aliphatic carbocycles. The largest absolute Gasteiger partial charge is 0.368 e. The number of anilines is 2. The van der Waals surface area contributed by atoms with Gasteiger partial charge in [0.25, 0.3) is 0 Å². The van der Waals surface area contributed by atoms with Gasteiger partial charge in [0.05, 0.1) is 5.69 Å². The topological polar surface area (TPSA) is 81.8 Å². The van der Waals surface area contributed by atoms with Gasteiger partial charge >= 0.3 is 0 Å². The lowest BCUT2D eigenvalue weighted by atomic mass is 9.88. The number of sulfonamides is 1. The van der Waals surface area contributed by atoms with Crippen molar-refractivity contribution in [2.45, 2.75) is 56.9 Å². The van der Waals surface area contributed by atoms with Crippen LogP contribution in [-0.2, 0) is 14.8 Å². The van der Waals surface area contributed by atoms with Gasteiger partial charge in [-0.05, 0) is 50.1 Å². The average Bonchev–Trinajstić information content (AvgIpc) is 2.89. The number of hydrogen-bond acceptors (Lipinski definition) is 5. The second-order valence-corrected chi connectivity index (χ2v) is 11.4. The Morgan fingerprint density at radius 3 is 2.34 bits per heavy atom. The molecular formula is C27H38N4O3S. The number of benzene rings is 2. The molecule has 1 amide bonds. The van der Waals surface area contributed by atoms with Crippen molar-refractivity contribution in [1.82, 2.24) is 9.62 Å². The molecule has 2 N–H and O–H groups in total. The van der Waals surface area contributed by atoms with Gasteiger partial charge in [-0.2, -0.15) is 0 Å². The number of nitrogens with zero attached hydrogens (tertiary/aromatic N) is 2. The Kier molecular flexibility index (Phi) is 8.46. The third-order valence-electron chi connectivity index (χ3n) is 7.28. The SMILES string of the molecule is CCN1CCN(c2ccc(NC(=O)C3CCCCC3)cc2S(=O)(=O)N[C@@H](C)c2ccccc2)CC1. The zero-order valence-electron chi connectivity index (χ0n) is 20.9. The molecular weight excluding hydrogens is 460 g/mol. The summed E-state index contributed by atoms with van der Waals surface area (Å²) in [6.07, 6.45) is 5.11. The van der Waals surface area contributed by atoms with E-state index in [2.05, 4.69) is 26.8 Å². The minimum Gasteiger partial charge on any atom is -0.368 e. The number of likely N-dealkylation sites (N-methyl/N-ethyl adjacent to an activating group) is 1. The number of piperazine rings is 1. The van der Waals surface area contributed by atoms with Crippen LogP contribution in [0, 0.1) is 5.92 Å². The predicted molar refractivity (Wildman–Crippen MR) is 141 cm³/mol. The number of carbonyl (C=O) groups is 1. The molecule has 8 heteroatoms. The predicted octanol–water partition coefficient (Wildman–Crippen LogP) is 4.39. The molecule has 2 aromatic carbocycles. The fourth-order valence-electron chi connectivity index (χ4n) is 5.09. The lowest BCUT2D eigenvalue weighted by Gasteiger charge is -2.36. The molecule has 1 aliphatic heterocycles. The Labute approximate surface area is 209 Å². The molecule has 2 aromatic rings. The minimum atomic E-state index is -3.85. The van der Waals surface area contributed by atoms with E-state index in [0.717, 1.165) is 64.0 Å². The van der Waals surface area contributed by atoms with E-state index in [1.807, 2.05) is 49.4 Å². The van der Waals surface area contributed by atoms with Gasteiger partial charge < -0.3 is 15.1 Å². The van der Waals surface area contributed by atoms with Crippen LogP contribution in [0.4, 0.5) is 11.4 Å². The van der Waals surface area contributed by atoms with Gasteiger partial charge in [0, 0.05) is 43.8 Å². The van der Waals surface area contributed by atoms with Crippen LogP contribution in [0.1, 0.15) is 57.6 Å². The molecule has 190 valence electrons. The number of amides is 1. The Morgan fingerprint density at radius 1 is 1.00 bits per heavy atom. The summed E-state index contributed by atoms with van der Waals surface area (Å²) in [6, 6.07) is 14.5. The molecule has 1 atom stereocenters. The van der Waals surface area contributed by atoms with E-state index in [1.165, 1.54) is 6.42 Å². The van der Waals surface area contributed by atoms with Crippen LogP contribution < -0.4 is 14.9 Å². The molecule has 2 aliphatic rings. The Balaban J connectivity index is 1.61. The molecule has 1 heterocycles. The van der Waals surface area contributed by atoms with Crippen molar-refractivity contribution < 1.29 is 13.2 Å². The first kappa shape index (κ1) is 25.7. The van der Waals surface area contributed by atoms with Crippen molar-refractivity contribution in [3.8, 4) is 0 Å². The summed E-state index contributed by atoms with van der Waals surface area (Å²) >= 11 is 0. The highest BCUT2D eigenvalue weighted by Crippen LogP contribution is 2.32. The van der Waals surface area contributed by atoms with Gasteiger partial charge in [-0.1, -0.05) is 56.5 Å². The number of nitrogens with one attached hydrogen (secondary N) is 2. The first-order valence-electron chi connectivity index (χ1n) is 12.9. The quantitative estimate of drug-likeness (QED) is 0.564. The normalized spacial score (nSPS) is 18.9. The van der Waals surface area contributed by atoms with Crippen LogP contribution in [0.5, 0.6) is 0 Å². The smallest absolute Gasteiger partial charge is 0.243 e. The van der Waals surface area contributed by atoms with Crippen molar-refractivity contribution in [2.75, 3.05) is 42.9 Å². The summed E-state index contributed by atoms with van der Waals surface area (Å²) in [6.45, 7) is 8.29. The lowest BCUT2D eigenvalue weighted by molar-refractivity contribution is -0.120. The van der Waals surface area contributed by atoms with Gasteiger partial charge in [-0.15, -0.1) is 0 Å². The van der Waals surface area contributed by atoms with Gasteiger partial charge in [0.2, 0.25) is 15.9 Å². The van der Waals surface area contributed by atoms with Crippen molar-refractivity contribution >= 4 is 27.3 Å². The van der Waals surface area contributed by atoms with Crippen molar-refractivity contribution in [2.24, 2.45) is 5.92 Å². The molecule has 0 unspecified atom stereocenters. The van der Waals surface area contributed by atoms with Gasteiger partial charge in [0.1, 0.15) is 4.90 Å². The summed E-state index contributed by atoms with van der Waals surface area (Å²) in [4.78, 5) is 17.6. The third kappa shape index (κ3) is 6.42. The van der Waals surface area contributed by atoms with Crippen molar-refractivity contribution in [1.29, 1.82) is 0 Å². The molecule has 4 rings (SSSR count). The van der Waals surface area contributed by atoms with E-state index in [9.17, 15) is 13.2 Å². The minimum absolute atomic E-state index is 0.00170. The number of carbonyl (C=O) groups excluding carboxylic acids is 1. The molecule has 1 saturated heterocycles. The zero-order chi connectivity index (χ0) is 24.8. The second kappa shape index (κ2) is 11.5. The van der Waals surface area contributed by atoms with Gasteiger partial charge in [-0.3, -0.25) is 4.79 Å². The monoisotopic (exact) mass is 498 g/mol. The van der Waals surface area contributed by atoms with Crippen LogP contribution in [0.25, 0.3) is 0 Å². The molecule has 35 heavy (non-hydrogen) atoms. The van der Waals surface area contributed by atoms with E-state index >= 15 is 0 Å². The average molecular weight is 499 g/mol. The molecule has 0 aromatic heterocycles. The van der Waals surface area contributed by atoms with Gasteiger partial charge in [-0.25, -0.2) is 13.1 Å². The zero-order valence-corrected chi connectivity index (χ0v) is 21.7. The van der Waals surface area contributed by atoms with E-state index in [1.54, 1.807) is 6.07 Å². The first-order chi connectivity index (χ1) is 16.9. The van der Waals surface area contributed by atoms with E-state index in [-0.39, 0.29) is 22.8 Å². The maximum Gasteiger partial charge on any atom is 0.243 e. The van der Waals surface area contributed by atoms with Crippen molar-refractivity contribution in [3.05, 3.63) is 54.1 Å². The van der Waals surface area contributed by atoms with Crippen LogP contribution in [0.15, 0.2) is 53.4 Å². The summed E-state index contributed by atoms with van der Waals surface area (Å²) in [5.74, 6) is -0.00944. The van der Waals surface area contributed by atoms with Crippen LogP contribution in [-0.4, -0.2) is 51.9 Å². The molecule has 0 spiro atoms. The molecule has 7 nitrogen and oxygen atoms in total. The molecule has 0 radical (unpaired) electrons. The summed E-state index contributed by atoms with van der Waals surface area (Å²) < 4.78 is 30.2. The Bertz CT molecular complexity index is 1090. The van der Waals surface area contributed by atoms with Gasteiger partial charge in [0.15, 0.2) is 0 Å². The second-order valence-electron chi connectivity index (χ2n) is 9.68. The van der Waals surface area contributed by atoms with Crippen LogP contribution in [0.2, 0.25) is 0 Å². The highest BCUT2D eigenvalue weighted by molar-refractivity contribution is 7.89. The summed E-state index contributed by atoms with van der Waals surface area (Å²) in [5, 5.41) is 3.00. The van der Waals surface area contributed by atoms with Crippen LogP contribution in [0.3, 0.4) is 0 Å². The first-order valence-corrected chi connectivity index (χ1v) is 14.3. The highest BCUT2D eigenvalue weighted by Gasteiger charge is 2.28. The van der Waals surface area contributed by atoms with Crippen molar-refractivity contribution in [3.63, 3.8) is 0 Å². The maximum absolute atomic E-state index is 13.7. The summed E-state index contributed by atoms with van der Waals surface area (Å²) in [5.41, 5.74) is 2.12. The Hall–Kier alpha value is -2.42. The standard InChI is InChI=1S/C27H38N4O3S/c1-3-30-16-18-31(19-17-30)25-15-14-24(28-27(32)23-12-8-5-9-13-23)20-26(25)35(33,34)29-21(2)22-10-6-4-7-11-22/h4,6-7,10-11,14-15,20-21,23,29H,3,5,8-9,12-13,16-19H2,1-2H3,(H,28,32)/t21-/m0/s1. The summed E-state index contributed by atoms with van der Waals surface area (Å²) in [7, 11) is -3.85.